The monoisotopic (exact) mass is 510 g/mol. The highest BCUT2D eigenvalue weighted by molar-refractivity contribution is 9.10. The molecule has 3 rings (SSSR count). The SMILES string of the molecule is O=C1c2c(Br)ccc(NCCCO)c2C(=O)c2c(Br)ccc(NCCCO)c21. The first kappa shape index (κ1) is 21.0. The molecule has 2 aromatic rings. The number of aliphatic hydroxyl groups is 2. The highest BCUT2D eigenvalue weighted by Gasteiger charge is 2.36. The summed E-state index contributed by atoms with van der Waals surface area (Å²) in [4.78, 5) is 26.8. The highest BCUT2D eigenvalue weighted by atomic mass is 79.9. The lowest BCUT2D eigenvalue weighted by molar-refractivity contribution is 0.0979. The van der Waals surface area contributed by atoms with Crippen molar-refractivity contribution in [1.29, 1.82) is 0 Å². The quantitative estimate of drug-likeness (QED) is 0.345. The average Bonchev–Trinajstić information content (AvgIpc) is 2.68. The predicted molar refractivity (Wildman–Crippen MR) is 116 cm³/mol. The number of aliphatic hydroxyl groups excluding tert-OH is 2. The van der Waals surface area contributed by atoms with Crippen LogP contribution in [0.25, 0.3) is 0 Å². The van der Waals surface area contributed by atoms with Gasteiger partial charge in [-0.05, 0) is 37.1 Å². The maximum Gasteiger partial charge on any atom is 0.197 e. The Labute approximate surface area is 179 Å². The van der Waals surface area contributed by atoms with Crippen molar-refractivity contribution in [3.63, 3.8) is 0 Å². The molecule has 0 spiro atoms. The normalized spacial score (nSPS) is 12.6. The molecule has 0 amide bonds. The molecule has 1 aliphatic carbocycles. The van der Waals surface area contributed by atoms with Crippen LogP contribution >= 0.6 is 31.9 Å². The minimum absolute atomic E-state index is 0.0375. The number of hydrogen-bond donors (Lipinski definition) is 4. The maximum absolute atomic E-state index is 13.4. The second-order valence-corrected chi connectivity index (χ2v) is 8.06. The van der Waals surface area contributed by atoms with E-state index in [2.05, 4.69) is 42.5 Å². The van der Waals surface area contributed by atoms with Crippen molar-refractivity contribution in [2.24, 2.45) is 0 Å². The molecule has 0 aliphatic heterocycles. The molecule has 0 radical (unpaired) electrons. The van der Waals surface area contributed by atoms with Crippen LogP contribution < -0.4 is 10.6 Å². The highest BCUT2D eigenvalue weighted by Crippen LogP contribution is 2.41. The Morgan fingerprint density at radius 2 is 1.07 bits per heavy atom. The molecule has 0 saturated heterocycles. The number of rotatable bonds is 8. The lowest BCUT2D eigenvalue weighted by atomic mass is 9.82. The van der Waals surface area contributed by atoms with E-state index in [0.717, 1.165) is 0 Å². The zero-order valence-corrected chi connectivity index (χ0v) is 18.2. The van der Waals surface area contributed by atoms with Gasteiger partial charge in [-0.3, -0.25) is 9.59 Å². The van der Waals surface area contributed by atoms with Gasteiger partial charge in [-0.2, -0.15) is 0 Å². The molecule has 4 N–H and O–H groups in total. The summed E-state index contributed by atoms with van der Waals surface area (Å²) in [6.07, 6.45) is 1.07. The molecule has 148 valence electrons. The van der Waals surface area contributed by atoms with Gasteiger partial charge in [0.15, 0.2) is 11.6 Å². The third kappa shape index (κ3) is 3.87. The van der Waals surface area contributed by atoms with E-state index in [1.54, 1.807) is 24.3 Å². The number of carbonyl (C=O) groups excluding carboxylic acids is 2. The number of nitrogens with one attached hydrogen (secondary N) is 2. The van der Waals surface area contributed by atoms with Crippen LogP contribution in [0.4, 0.5) is 11.4 Å². The van der Waals surface area contributed by atoms with E-state index in [1.165, 1.54) is 0 Å². The Balaban J connectivity index is 2.12. The van der Waals surface area contributed by atoms with Crippen LogP contribution in [0.1, 0.15) is 44.7 Å². The molecule has 0 heterocycles. The lowest BCUT2D eigenvalue weighted by Crippen LogP contribution is -2.25. The van der Waals surface area contributed by atoms with Gasteiger partial charge in [-0.25, -0.2) is 0 Å². The van der Waals surface area contributed by atoms with Crippen LogP contribution in [-0.2, 0) is 0 Å². The summed E-state index contributed by atoms with van der Waals surface area (Å²) in [5.74, 6) is -0.481. The van der Waals surface area contributed by atoms with Gasteiger partial charge in [0.25, 0.3) is 0 Å². The zero-order valence-electron chi connectivity index (χ0n) is 15.0. The number of benzene rings is 2. The number of anilines is 2. The van der Waals surface area contributed by atoms with E-state index in [1.807, 2.05) is 0 Å². The third-order valence-electron chi connectivity index (χ3n) is 4.52. The molecular formula is C20H20Br2N2O4. The van der Waals surface area contributed by atoms with Crippen molar-refractivity contribution in [2.75, 3.05) is 36.9 Å². The van der Waals surface area contributed by atoms with E-state index in [-0.39, 0.29) is 24.8 Å². The van der Waals surface area contributed by atoms with Gasteiger partial charge in [-0.15, -0.1) is 0 Å². The topological polar surface area (TPSA) is 98.7 Å². The van der Waals surface area contributed by atoms with Gasteiger partial charge >= 0.3 is 0 Å². The van der Waals surface area contributed by atoms with Crippen molar-refractivity contribution >= 4 is 54.8 Å². The molecule has 0 atom stereocenters. The molecule has 0 fully saturated rings. The van der Waals surface area contributed by atoms with Crippen molar-refractivity contribution in [3.05, 3.63) is 55.5 Å². The first-order valence-corrected chi connectivity index (χ1v) is 10.5. The van der Waals surface area contributed by atoms with Crippen molar-refractivity contribution in [3.8, 4) is 0 Å². The summed E-state index contributed by atoms with van der Waals surface area (Å²) in [5.41, 5.74) is 2.46. The van der Waals surface area contributed by atoms with Gasteiger partial charge < -0.3 is 20.8 Å². The van der Waals surface area contributed by atoms with E-state index in [4.69, 9.17) is 10.2 Å². The number of carbonyl (C=O) groups is 2. The second-order valence-electron chi connectivity index (χ2n) is 6.36. The number of ketones is 2. The summed E-state index contributed by atoms with van der Waals surface area (Å²) in [5, 5.41) is 24.3. The molecule has 0 saturated carbocycles. The molecule has 0 unspecified atom stereocenters. The molecule has 1 aliphatic rings. The second kappa shape index (κ2) is 9.17. The standard InChI is InChI=1S/C20H20Br2N2O4/c21-11-3-5-13(23-7-1-9-25)17-15(11)20(28)18-14(24-8-2-10-26)6-4-12(22)16(18)19(17)27/h3-6,23-26H,1-2,7-10H2. The zero-order chi connectivity index (χ0) is 20.3. The molecule has 8 heteroatoms. The largest absolute Gasteiger partial charge is 0.396 e. The fourth-order valence-electron chi connectivity index (χ4n) is 3.22. The minimum atomic E-state index is -0.241. The smallest absolute Gasteiger partial charge is 0.197 e. The van der Waals surface area contributed by atoms with E-state index >= 15 is 0 Å². The minimum Gasteiger partial charge on any atom is -0.396 e. The van der Waals surface area contributed by atoms with Crippen LogP contribution in [0.5, 0.6) is 0 Å². The Morgan fingerprint density at radius 3 is 1.43 bits per heavy atom. The van der Waals surface area contributed by atoms with Crippen molar-refractivity contribution in [1.82, 2.24) is 0 Å². The number of fused-ring (bicyclic) bond motifs is 2. The van der Waals surface area contributed by atoms with Crippen molar-refractivity contribution in [2.45, 2.75) is 12.8 Å². The van der Waals surface area contributed by atoms with Gasteiger partial charge in [0, 0.05) is 46.6 Å². The molecule has 28 heavy (non-hydrogen) atoms. The summed E-state index contributed by atoms with van der Waals surface area (Å²) in [6.45, 7) is 1.05. The van der Waals surface area contributed by atoms with Crippen LogP contribution in [0, 0.1) is 0 Å². The molecule has 2 aromatic carbocycles. The first-order valence-electron chi connectivity index (χ1n) is 8.95. The number of hydrogen-bond acceptors (Lipinski definition) is 6. The predicted octanol–water partition coefficient (Wildman–Crippen LogP) is 3.58. The van der Waals surface area contributed by atoms with Crippen LogP contribution in [0.15, 0.2) is 33.2 Å². The van der Waals surface area contributed by atoms with Gasteiger partial charge in [0.05, 0.1) is 22.3 Å². The average molecular weight is 512 g/mol. The molecular weight excluding hydrogens is 492 g/mol. The van der Waals surface area contributed by atoms with Crippen LogP contribution in [0.2, 0.25) is 0 Å². The molecule has 0 aromatic heterocycles. The van der Waals surface area contributed by atoms with E-state index < -0.39 is 0 Å². The fraction of sp³-hybridized carbons (Fsp3) is 0.300. The van der Waals surface area contributed by atoms with E-state index in [9.17, 15) is 9.59 Å². The van der Waals surface area contributed by atoms with Crippen LogP contribution in [0.3, 0.4) is 0 Å². The first-order chi connectivity index (χ1) is 13.5. The third-order valence-corrected chi connectivity index (χ3v) is 5.84. The van der Waals surface area contributed by atoms with E-state index in [0.29, 0.717) is 68.5 Å². The van der Waals surface area contributed by atoms with Crippen molar-refractivity contribution < 1.29 is 19.8 Å². The summed E-state index contributed by atoms with van der Waals surface area (Å²) >= 11 is 6.84. The van der Waals surface area contributed by atoms with Gasteiger partial charge in [0.1, 0.15) is 0 Å². The Bertz CT molecular complexity index is 855. The van der Waals surface area contributed by atoms with Gasteiger partial charge in [0.2, 0.25) is 0 Å². The Kier molecular flexibility index (Phi) is 6.87. The summed E-state index contributed by atoms with van der Waals surface area (Å²) in [7, 11) is 0. The molecule has 6 nitrogen and oxygen atoms in total. The Morgan fingerprint density at radius 1 is 0.679 bits per heavy atom. The summed E-state index contributed by atoms with van der Waals surface area (Å²) in [6, 6.07) is 7.00. The Hall–Kier alpha value is -1.74. The van der Waals surface area contributed by atoms with Crippen LogP contribution in [-0.4, -0.2) is 48.1 Å². The maximum atomic E-state index is 13.4. The lowest BCUT2D eigenvalue weighted by Gasteiger charge is -2.25. The fourth-order valence-corrected chi connectivity index (χ4v) is 4.24. The van der Waals surface area contributed by atoms with Gasteiger partial charge in [-0.1, -0.05) is 31.9 Å². The number of halogens is 2. The summed E-state index contributed by atoms with van der Waals surface area (Å²) < 4.78 is 1.11. The molecule has 0 bridgehead atoms.